The first-order valence-corrected chi connectivity index (χ1v) is 13.9. The van der Waals surface area contributed by atoms with Crippen molar-refractivity contribution in [3.63, 3.8) is 0 Å². The van der Waals surface area contributed by atoms with E-state index in [2.05, 4.69) is 10.2 Å². The third kappa shape index (κ3) is 6.69. The molecule has 2 amide bonds. The largest absolute Gasteiger partial charge is 0.466 e. The van der Waals surface area contributed by atoms with Gasteiger partial charge in [0, 0.05) is 43.9 Å². The highest BCUT2D eigenvalue weighted by molar-refractivity contribution is 5.98. The van der Waals surface area contributed by atoms with Crippen LogP contribution in [0.4, 0.5) is 10.5 Å². The molecule has 40 heavy (non-hydrogen) atoms. The summed E-state index contributed by atoms with van der Waals surface area (Å²) in [6.07, 6.45) is 1.13. The summed E-state index contributed by atoms with van der Waals surface area (Å²) in [7, 11) is 0. The van der Waals surface area contributed by atoms with Crippen molar-refractivity contribution in [3.8, 4) is 11.1 Å². The maximum atomic E-state index is 12.9. The Morgan fingerprint density at radius 1 is 0.925 bits per heavy atom. The predicted octanol–water partition coefficient (Wildman–Crippen LogP) is 5.13. The van der Waals surface area contributed by atoms with Gasteiger partial charge in [0.1, 0.15) is 6.10 Å². The summed E-state index contributed by atoms with van der Waals surface area (Å²) in [5.41, 5.74) is 5.23. The molecule has 208 valence electrons. The number of nitrogens with zero attached hydrogens (tertiary/aromatic N) is 2. The minimum absolute atomic E-state index is 0.0309. The zero-order valence-electron chi connectivity index (χ0n) is 22.8. The molecule has 2 aliphatic rings. The third-order valence-corrected chi connectivity index (χ3v) is 7.45. The number of para-hydroxylation sites is 1. The Balaban J connectivity index is 1.06. The zero-order chi connectivity index (χ0) is 27.9. The lowest BCUT2D eigenvalue weighted by Gasteiger charge is -2.32. The van der Waals surface area contributed by atoms with Crippen molar-refractivity contribution >= 4 is 23.7 Å². The van der Waals surface area contributed by atoms with E-state index in [1.165, 1.54) is 0 Å². The van der Waals surface area contributed by atoms with Crippen LogP contribution in [-0.4, -0.2) is 66.7 Å². The molecule has 0 radical (unpaired) electrons. The van der Waals surface area contributed by atoms with E-state index in [1.807, 2.05) is 77.7 Å². The van der Waals surface area contributed by atoms with E-state index < -0.39 is 6.09 Å². The molecule has 3 aromatic carbocycles. The average Bonchev–Trinajstić information content (AvgIpc) is 3.28. The number of ether oxygens (including phenoxy) is 2. The van der Waals surface area contributed by atoms with Gasteiger partial charge in [0.2, 0.25) is 0 Å². The van der Waals surface area contributed by atoms with Gasteiger partial charge in [0.15, 0.2) is 0 Å². The predicted molar refractivity (Wildman–Crippen MR) is 153 cm³/mol. The van der Waals surface area contributed by atoms with E-state index in [9.17, 15) is 14.4 Å². The number of nitrogens with one attached hydrogen (secondary N) is 1. The fourth-order valence-electron chi connectivity index (χ4n) is 5.37. The molecule has 0 unspecified atom stereocenters. The Morgan fingerprint density at radius 2 is 1.68 bits per heavy atom. The van der Waals surface area contributed by atoms with Crippen molar-refractivity contribution < 1.29 is 23.9 Å². The molecule has 0 aliphatic carbocycles. The molecule has 1 N–H and O–H groups in total. The number of hydrogen-bond donors (Lipinski definition) is 1. The van der Waals surface area contributed by atoms with Gasteiger partial charge in [0.05, 0.1) is 18.7 Å². The molecule has 2 aliphatic heterocycles. The van der Waals surface area contributed by atoms with Crippen molar-refractivity contribution in [1.82, 2.24) is 9.80 Å². The Morgan fingerprint density at radius 3 is 2.45 bits per heavy atom. The van der Waals surface area contributed by atoms with Gasteiger partial charge >= 0.3 is 12.1 Å². The van der Waals surface area contributed by atoms with E-state index in [1.54, 1.807) is 6.92 Å². The molecule has 0 bridgehead atoms. The zero-order valence-corrected chi connectivity index (χ0v) is 22.8. The van der Waals surface area contributed by atoms with Gasteiger partial charge in [-0.15, -0.1) is 0 Å². The third-order valence-electron chi connectivity index (χ3n) is 7.45. The fourth-order valence-corrected chi connectivity index (χ4v) is 5.37. The topological polar surface area (TPSA) is 88.2 Å². The first kappa shape index (κ1) is 27.4. The van der Waals surface area contributed by atoms with Crippen LogP contribution < -0.4 is 5.32 Å². The van der Waals surface area contributed by atoms with Crippen LogP contribution in [0.5, 0.6) is 0 Å². The normalized spacial score (nSPS) is 15.5. The summed E-state index contributed by atoms with van der Waals surface area (Å²) in [6, 6.07) is 23.2. The van der Waals surface area contributed by atoms with E-state index in [4.69, 9.17) is 9.47 Å². The first-order chi connectivity index (χ1) is 19.5. The molecule has 3 aromatic rings. The van der Waals surface area contributed by atoms with Gasteiger partial charge < -0.3 is 19.3 Å². The number of carbonyl (C=O) groups excluding carboxylic acids is 3. The lowest BCUT2D eigenvalue weighted by atomic mass is 10.0. The number of amides is 2. The van der Waals surface area contributed by atoms with Crippen molar-refractivity contribution in [3.05, 3.63) is 89.5 Å². The number of anilines is 1. The van der Waals surface area contributed by atoms with E-state index in [-0.39, 0.29) is 24.4 Å². The van der Waals surface area contributed by atoms with Crippen LogP contribution in [0.15, 0.2) is 72.8 Å². The molecule has 5 rings (SSSR count). The van der Waals surface area contributed by atoms with Crippen LogP contribution in [0.2, 0.25) is 0 Å². The number of fused-ring (bicyclic) bond motifs is 1. The standard InChI is InChI=1S/C32H35N3O5/c1-2-39-30(36)21-23-12-13-28-25(20-23)22-35(31(28)37)19-18-34-16-14-26(15-17-34)40-32(38)33-29-11-7-6-10-27(29)24-8-4-3-5-9-24/h3-13,20,26H,2,14-19,21-22H2,1H3,(H,33,38). The number of hydrogen-bond acceptors (Lipinski definition) is 6. The van der Waals surface area contributed by atoms with Gasteiger partial charge in [-0.3, -0.25) is 14.9 Å². The average molecular weight is 542 g/mol. The van der Waals surface area contributed by atoms with Crippen LogP contribution >= 0.6 is 0 Å². The first-order valence-electron chi connectivity index (χ1n) is 13.9. The molecule has 8 nitrogen and oxygen atoms in total. The number of likely N-dealkylation sites (tertiary alicyclic amines) is 1. The second kappa shape index (κ2) is 12.8. The summed E-state index contributed by atoms with van der Waals surface area (Å²) in [5.74, 6) is -0.228. The highest BCUT2D eigenvalue weighted by atomic mass is 16.6. The number of benzene rings is 3. The number of rotatable bonds is 9. The number of carbonyl (C=O) groups is 3. The smallest absolute Gasteiger partial charge is 0.411 e. The molecule has 0 spiro atoms. The summed E-state index contributed by atoms with van der Waals surface area (Å²) in [4.78, 5) is 41.6. The van der Waals surface area contributed by atoms with Crippen LogP contribution in [-0.2, 0) is 27.2 Å². The summed E-state index contributed by atoms with van der Waals surface area (Å²) >= 11 is 0. The lowest BCUT2D eigenvalue weighted by molar-refractivity contribution is -0.142. The minimum Gasteiger partial charge on any atom is -0.466 e. The molecule has 0 saturated carbocycles. The summed E-state index contributed by atoms with van der Waals surface area (Å²) in [6.45, 7) is 5.69. The SMILES string of the molecule is CCOC(=O)Cc1ccc2c(c1)CN(CCN1CCC(OC(=O)Nc3ccccc3-c3ccccc3)CC1)C2=O. The lowest BCUT2D eigenvalue weighted by Crippen LogP contribution is -2.42. The highest BCUT2D eigenvalue weighted by Crippen LogP contribution is 2.28. The maximum absolute atomic E-state index is 12.9. The molecule has 1 saturated heterocycles. The van der Waals surface area contributed by atoms with Crippen molar-refractivity contribution in [2.45, 2.75) is 38.8 Å². The second-order valence-corrected chi connectivity index (χ2v) is 10.2. The second-order valence-electron chi connectivity index (χ2n) is 10.2. The molecule has 0 atom stereocenters. The van der Waals surface area contributed by atoms with Gasteiger partial charge in [-0.05, 0) is 48.6 Å². The monoisotopic (exact) mass is 541 g/mol. The quantitative estimate of drug-likeness (QED) is 0.378. The van der Waals surface area contributed by atoms with E-state index in [0.29, 0.717) is 25.3 Å². The molecular formula is C32H35N3O5. The molecular weight excluding hydrogens is 506 g/mol. The molecule has 0 aromatic heterocycles. The summed E-state index contributed by atoms with van der Waals surface area (Å²) < 4.78 is 10.8. The Bertz CT molecular complexity index is 1350. The Kier molecular flexibility index (Phi) is 8.76. The Hall–Kier alpha value is -4.17. The van der Waals surface area contributed by atoms with Crippen LogP contribution in [0.25, 0.3) is 11.1 Å². The molecule has 2 heterocycles. The van der Waals surface area contributed by atoms with Gasteiger partial charge in [-0.25, -0.2) is 4.79 Å². The van der Waals surface area contributed by atoms with Crippen molar-refractivity contribution in [2.24, 2.45) is 0 Å². The Labute approximate surface area is 234 Å². The minimum atomic E-state index is -0.440. The van der Waals surface area contributed by atoms with E-state index >= 15 is 0 Å². The van der Waals surface area contributed by atoms with Gasteiger partial charge in [-0.2, -0.15) is 0 Å². The summed E-state index contributed by atoms with van der Waals surface area (Å²) in [5, 5.41) is 2.92. The highest BCUT2D eigenvalue weighted by Gasteiger charge is 2.29. The van der Waals surface area contributed by atoms with Crippen molar-refractivity contribution in [1.29, 1.82) is 0 Å². The van der Waals surface area contributed by atoms with Gasteiger partial charge in [-0.1, -0.05) is 60.7 Å². The van der Waals surface area contributed by atoms with Crippen LogP contribution in [0.3, 0.4) is 0 Å². The fraction of sp³-hybridized carbons (Fsp3) is 0.344. The number of piperidine rings is 1. The van der Waals surface area contributed by atoms with Crippen LogP contribution in [0.1, 0.15) is 41.3 Å². The van der Waals surface area contributed by atoms with Crippen molar-refractivity contribution in [2.75, 3.05) is 38.1 Å². The van der Waals surface area contributed by atoms with Gasteiger partial charge in [0.25, 0.3) is 5.91 Å². The number of esters is 1. The maximum Gasteiger partial charge on any atom is 0.411 e. The molecule has 1 fully saturated rings. The van der Waals surface area contributed by atoms with Crippen LogP contribution in [0, 0.1) is 0 Å². The van der Waals surface area contributed by atoms with E-state index in [0.717, 1.165) is 60.4 Å². The molecule has 8 heteroatoms.